The van der Waals surface area contributed by atoms with Crippen molar-refractivity contribution in [2.24, 2.45) is 0 Å². The molecule has 5 N–H and O–H groups in total. The summed E-state index contributed by atoms with van der Waals surface area (Å²) < 4.78 is 0. The third kappa shape index (κ3) is 3.15. The fourth-order valence-electron chi connectivity index (χ4n) is 1.25. The third-order valence-electron chi connectivity index (χ3n) is 2.47. The molecule has 0 aromatic carbocycles. The molecule has 0 spiro atoms. The van der Waals surface area contributed by atoms with Crippen LogP contribution in [0.3, 0.4) is 0 Å². The summed E-state index contributed by atoms with van der Waals surface area (Å²) in [6.45, 7) is 2.51. The molecule has 0 aliphatic carbocycles. The number of nitrogens with one attached hydrogen (secondary N) is 1. The van der Waals surface area contributed by atoms with Crippen molar-refractivity contribution in [3.05, 3.63) is 23.5 Å². The van der Waals surface area contributed by atoms with Crippen LogP contribution in [0.1, 0.15) is 23.0 Å². The highest BCUT2D eigenvalue weighted by atomic mass is 16.3. The normalized spacial score (nSPS) is 11.3. The Balaban J connectivity index is 2.94. The van der Waals surface area contributed by atoms with Gasteiger partial charge in [0.1, 0.15) is 0 Å². The van der Waals surface area contributed by atoms with E-state index >= 15 is 0 Å². The van der Waals surface area contributed by atoms with Gasteiger partial charge in [-0.25, -0.2) is 0 Å². The molecule has 0 saturated heterocycles. The number of anilines is 1. The van der Waals surface area contributed by atoms with Crippen LogP contribution < -0.4 is 11.1 Å². The maximum atomic E-state index is 11.9. The molecular formula is C11H17N3O3. The lowest BCUT2D eigenvalue weighted by Gasteiger charge is -2.26. The smallest absolute Gasteiger partial charge is 0.253 e. The molecule has 1 rings (SSSR count). The third-order valence-corrected chi connectivity index (χ3v) is 2.47. The van der Waals surface area contributed by atoms with E-state index in [-0.39, 0.29) is 13.2 Å². The molecule has 0 atom stereocenters. The number of aliphatic hydroxyl groups is 2. The van der Waals surface area contributed by atoms with E-state index in [9.17, 15) is 4.79 Å². The largest absolute Gasteiger partial charge is 0.397 e. The Kier molecular flexibility index (Phi) is 4.03. The molecular weight excluding hydrogens is 222 g/mol. The van der Waals surface area contributed by atoms with E-state index in [1.807, 2.05) is 0 Å². The van der Waals surface area contributed by atoms with E-state index in [1.54, 1.807) is 13.8 Å². The van der Waals surface area contributed by atoms with Crippen LogP contribution in [0.4, 0.5) is 5.69 Å². The number of carbonyl (C=O) groups is 1. The van der Waals surface area contributed by atoms with Crippen molar-refractivity contribution < 1.29 is 15.0 Å². The highest BCUT2D eigenvalue weighted by Gasteiger charge is 2.25. The van der Waals surface area contributed by atoms with Crippen molar-refractivity contribution in [1.82, 2.24) is 10.3 Å². The van der Waals surface area contributed by atoms with Crippen molar-refractivity contribution in [1.29, 1.82) is 0 Å². The molecule has 1 aromatic heterocycles. The van der Waals surface area contributed by atoms with E-state index in [0.29, 0.717) is 16.9 Å². The van der Waals surface area contributed by atoms with Crippen molar-refractivity contribution in [2.45, 2.75) is 19.4 Å². The number of aliphatic hydroxyl groups excluding tert-OH is 2. The number of nitrogens with two attached hydrogens (primary N) is 1. The fourth-order valence-corrected chi connectivity index (χ4v) is 1.25. The SMILES string of the molecule is Cc1ncc(N)cc1C(=O)NC(C)(CO)CO. The first-order chi connectivity index (χ1) is 7.91. The van der Waals surface area contributed by atoms with Gasteiger partial charge >= 0.3 is 0 Å². The second kappa shape index (κ2) is 5.11. The van der Waals surface area contributed by atoms with E-state index in [2.05, 4.69) is 10.3 Å². The highest BCUT2D eigenvalue weighted by molar-refractivity contribution is 5.96. The fraction of sp³-hybridized carbons (Fsp3) is 0.455. The summed E-state index contributed by atoms with van der Waals surface area (Å²) in [5.41, 5.74) is 5.74. The summed E-state index contributed by atoms with van der Waals surface area (Å²) in [5.74, 6) is -0.423. The Bertz CT molecular complexity index is 416. The van der Waals surface area contributed by atoms with E-state index in [0.717, 1.165) is 0 Å². The monoisotopic (exact) mass is 239 g/mol. The molecule has 0 unspecified atom stereocenters. The maximum absolute atomic E-state index is 11.9. The molecule has 0 fully saturated rings. The van der Waals surface area contributed by atoms with Gasteiger partial charge in [0, 0.05) is 0 Å². The quantitative estimate of drug-likeness (QED) is 0.563. The number of aromatic nitrogens is 1. The van der Waals surface area contributed by atoms with E-state index in [1.165, 1.54) is 12.3 Å². The van der Waals surface area contributed by atoms with Gasteiger partial charge in [0.25, 0.3) is 5.91 Å². The standard InChI is InChI=1S/C11H17N3O3/c1-7-9(3-8(12)4-13-7)10(17)14-11(2,5-15)6-16/h3-4,15-16H,5-6,12H2,1-2H3,(H,14,17). The highest BCUT2D eigenvalue weighted by Crippen LogP contribution is 2.11. The van der Waals surface area contributed by atoms with Gasteiger partial charge in [-0.15, -0.1) is 0 Å². The average Bonchev–Trinajstić information content (AvgIpc) is 2.32. The van der Waals surface area contributed by atoms with E-state index in [4.69, 9.17) is 15.9 Å². The summed E-state index contributed by atoms with van der Waals surface area (Å²) in [4.78, 5) is 15.9. The number of nitrogen functional groups attached to an aromatic ring is 1. The summed E-state index contributed by atoms with van der Waals surface area (Å²) in [6, 6.07) is 1.51. The predicted octanol–water partition coefficient (Wildman–Crippen LogP) is -0.555. The molecule has 1 heterocycles. The molecule has 0 bridgehead atoms. The van der Waals surface area contributed by atoms with Gasteiger partial charge in [-0.05, 0) is 19.9 Å². The lowest BCUT2D eigenvalue weighted by Crippen LogP contribution is -2.51. The van der Waals surface area contributed by atoms with Crippen LogP contribution in [0.2, 0.25) is 0 Å². The Hall–Kier alpha value is -1.66. The number of hydrogen-bond acceptors (Lipinski definition) is 5. The zero-order valence-corrected chi connectivity index (χ0v) is 9.90. The van der Waals surface area contributed by atoms with Gasteiger partial charge in [-0.3, -0.25) is 9.78 Å². The number of carbonyl (C=O) groups excluding carboxylic acids is 1. The van der Waals surface area contributed by atoms with Crippen molar-refractivity contribution >= 4 is 11.6 Å². The molecule has 0 aliphatic rings. The second-order valence-corrected chi connectivity index (χ2v) is 4.23. The number of pyridine rings is 1. The van der Waals surface area contributed by atoms with Gasteiger partial charge in [-0.1, -0.05) is 0 Å². The molecule has 17 heavy (non-hydrogen) atoms. The van der Waals surface area contributed by atoms with E-state index < -0.39 is 11.4 Å². The minimum absolute atomic E-state index is 0.332. The second-order valence-electron chi connectivity index (χ2n) is 4.23. The summed E-state index contributed by atoms with van der Waals surface area (Å²) in [7, 11) is 0. The molecule has 0 saturated carbocycles. The predicted molar refractivity (Wildman–Crippen MR) is 63.4 cm³/mol. The molecule has 94 valence electrons. The first kappa shape index (κ1) is 13.4. The Morgan fingerprint density at radius 2 is 2.12 bits per heavy atom. The Morgan fingerprint density at radius 3 is 2.65 bits per heavy atom. The number of amides is 1. The van der Waals surface area contributed by atoms with Gasteiger partial charge < -0.3 is 21.3 Å². The van der Waals surface area contributed by atoms with Gasteiger partial charge in [0.2, 0.25) is 0 Å². The first-order valence-corrected chi connectivity index (χ1v) is 5.18. The zero-order chi connectivity index (χ0) is 13.1. The summed E-state index contributed by atoms with van der Waals surface area (Å²) in [6.07, 6.45) is 1.46. The topological polar surface area (TPSA) is 108 Å². The number of nitrogens with zero attached hydrogens (tertiary/aromatic N) is 1. The van der Waals surface area contributed by atoms with Gasteiger partial charge in [-0.2, -0.15) is 0 Å². The lowest BCUT2D eigenvalue weighted by atomic mass is 10.0. The van der Waals surface area contributed by atoms with Crippen LogP contribution in [0.15, 0.2) is 12.3 Å². The van der Waals surface area contributed by atoms with Crippen LogP contribution in [-0.4, -0.2) is 39.9 Å². The number of rotatable bonds is 4. The minimum Gasteiger partial charge on any atom is -0.397 e. The molecule has 1 amide bonds. The van der Waals surface area contributed by atoms with Crippen molar-refractivity contribution in [3.63, 3.8) is 0 Å². The Labute approximate surface area is 99.5 Å². The van der Waals surface area contributed by atoms with Gasteiger partial charge in [0.15, 0.2) is 0 Å². The van der Waals surface area contributed by atoms with Crippen molar-refractivity contribution in [2.75, 3.05) is 18.9 Å². The van der Waals surface area contributed by atoms with Crippen LogP contribution in [-0.2, 0) is 0 Å². The average molecular weight is 239 g/mol. The summed E-state index contributed by atoms with van der Waals surface area (Å²) in [5, 5.41) is 20.7. The molecule has 6 heteroatoms. The van der Waals surface area contributed by atoms with Crippen LogP contribution in [0.25, 0.3) is 0 Å². The van der Waals surface area contributed by atoms with Crippen LogP contribution in [0, 0.1) is 6.92 Å². The van der Waals surface area contributed by atoms with Crippen LogP contribution >= 0.6 is 0 Å². The van der Waals surface area contributed by atoms with Crippen molar-refractivity contribution in [3.8, 4) is 0 Å². The first-order valence-electron chi connectivity index (χ1n) is 5.18. The maximum Gasteiger partial charge on any atom is 0.253 e. The van der Waals surface area contributed by atoms with Crippen LogP contribution in [0.5, 0.6) is 0 Å². The number of aryl methyl sites for hydroxylation is 1. The van der Waals surface area contributed by atoms with Gasteiger partial charge in [0.05, 0.1) is 41.9 Å². The zero-order valence-electron chi connectivity index (χ0n) is 9.90. The Morgan fingerprint density at radius 1 is 1.53 bits per heavy atom. The molecule has 1 aromatic rings. The molecule has 0 aliphatic heterocycles. The molecule has 6 nitrogen and oxygen atoms in total. The minimum atomic E-state index is -1.06. The lowest BCUT2D eigenvalue weighted by molar-refractivity contribution is 0.0723. The summed E-state index contributed by atoms with van der Waals surface area (Å²) >= 11 is 0. The molecule has 0 radical (unpaired) electrons. The number of hydrogen-bond donors (Lipinski definition) is 4.